The number of nitrogens with zero attached hydrogens (tertiary/aromatic N) is 4. The Hall–Kier alpha value is -4.73. The van der Waals surface area contributed by atoms with Crippen LogP contribution in [0, 0.1) is 0 Å². The van der Waals surface area contributed by atoms with Crippen LogP contribution >= 0.6 is 0 Å². The average molecular weight is 726 g/mol. The summed E-state index contributed by atoms with van der Waals surface area (Å²) in [6, 6.07) is 22.8. The van der Waals surface area contributed by atoms with Crippen molar-refractivity contribution in [3.8, 4) is 17.4 Å². The third kappa shape index (κ3) is 9.96. The standard InChI is InChI=1S/C36H38F3N5O6S/c37-36(38,39)33-12-13-34(41-40-33)50-30-9-6-27(7-10-30)28-14-16-44(17-15-28)35(45)29-8-11-32(49-23-20-43-18-21-48-22-19-43)31(24-29)42-51(46,47)25-26-4-2-1-3-5-26/h1-13,24,28,42H,14-23,25H2. The number of alkyl halides is 3. The zero-order valence-electron chi connectivity index (χ0n) is 27.7. The van der Waals surface area contributed by atoms with Crippen LogP contribution in [-0.4, -0.2) is 86.9 Å². The largest absolute Gasteiger partial charge is 0.490 e. The lowest BCUT2D eigenvalue weighted by Crippen LogP contribution is -2.38. The first-order valence-electron chi connectivity index (χ1n) is 16.6. The van der Waals surface area contributed by atoms with E-state index in [4.69, 9.17) is 14.2 Å². The van der Waals surface area contributed by atoms with E-state index in [1.54, 1.807) is 59.5 Å². The molecular weight excluding hydrogens is 687 g/mol. The van der Waals surface area contributed by atoms with E-state index in [-0.39, 0.29) is 29.1 Å². The number of rotatable bonds is 12. The van der Waals surface area contributed by atoms with Crippen molar-refractivity contribution in [1.29, 1.82) is 0 Å². The predicted molar refractivity (Wildman–Crippen MR) is 183 cm³/mol. The van der Waals surface area contributed by atoms with E-state index >= 15 is 0 Å². The third-order valence-corrected chi connectivity index (χ3v) is 9.99. The van der Waals surface area contributed by atoms with E-state index in [0.29, 0.717) is 74.9 Å². The van der Waals surface area contributed by atoms with Gasteiger partial charge in [0.1, 0.15) is 18.1 Å². The van der Waals surface area contributed by atoms with Gasteiger partial charge < -0.3 is 19.1 Å². The molecule has 1 N–H and O–H groups in total. The van der Waals surface area contributed by atoms with Crippen LogP contribution in [-0.2, 0) is 26.7 Å². The first-order chi connectivity index (χ1) is 24.5. The molecule has 2 aliphatic heterocycles. The molecule has 2 aliphatic rings. The van der Waals surface area contributed by atoms with Crippen LogP contribution in [0.4, 0.5) is 18.9 Å². The van der Waals surface area contributed by atoms with Crippen LogP contribution in [0.5, 0.6) is 17.4 Å². The molecule has 0 radical (unpaired) electrons. The summed E-state index contributed by atoms with van der Waals surface area (Å²) in [6.07, 6.45) is -3.17. The fraction of sp³-hybridized carbons (Fsp3) is 0.361. The Morgan fingerprint density at radius 2 is 1.63 bits per heavy atom. The SMILES string of the molecule is O=C(c1ccc(OCCN2CCOCC2)c(NS(=O)(=O)Cc2ccccc2)c1)N1CCC(c2ccc(Oc3ccc(C(F)(F)F)nn3)cc2)CC1. The highest BCUT2D eigenvalue weighted by Crippen LogP contribution is 2.33. The number of nitrogens with one attached hydrogen (secondary N) is 1. The van der Waals surface area contributed by atoms with Crippen molar-refractivity contribution in [2.45, 2.75) is 30.7 Å². The number of benzene rings is 3. The van der Waals surface area contributed by atoms with E-state index < -0.39 is 21.9 Å². The van der Waals surface area contributed by atoms with Gasteiger partial charge in [0.2, 0.25) is 15.9 Å². The van der Waals surface area contributed by atoms with Gasteiger partial charge in [0.05, 0.1) is 24.7 Å². The van der Waals surface area contributed by atoms with E-state index in [9.17, 15) is 26.4 Å². The number of anilines is 1. The Bertz CT molecular complexity index is 1870. The molecule has 0 atom stereocenters. The molecule has 2 fully saturated rings. The van der Waals surface area contributed by atoms with Gasteiger partial charge in [0.15, 0.2) is 5.69 Å². The molecule has 3 heterocycles. The van der Waals surface area contributed by atoms with Gasteiger partial charge in [-0.2, -0.15) is 13.2 Å². The van der Waals surface area contributed by atoms with Crippen molar-refractivity contribution in [1.82, 2.24) is 20.0 Å². The fourth-order valence-corrected chi connectivity index (χ4v) is 7.23. The number of amides is 1. The number of ether oxygens (including phenoxy) is 3. The number of halogens is 3. The number of carbonyl (C=O) groups excluding carboxylic acids is 1. The highest BCUT2D eigenvalue weighted by molar-refractivity contribution is 7.91. The molecule has 15 heteroatoms. The van der Waals surface area contributed by atoms with Crippen molar-refractivity contribution in [2.24, 2.45) is 0 Å². The molecule has 2 saturated heterocycles. The molecule has 0 spiro atoms. The summed E-state index contributed by atoms with van der Waals surface area (Å²) >= 11 is 0. The molecule has 0 aliphatic carbocycles. The minimum absolute atomic E-state index is 0.0534. The molecule has 0 saturated carbocycles. The summed E-state index contributed by atoms with van der Waals surface area (Å²) in [4.78, 5) is 17.6. The number of sulfonamides is 1. The van der Waals surface area contributed by atoms with Gasteiger partial charge in [0.25, 0.3) is 5.91 Å². The van der Waals surface area contributed by atoms with Crippen LogP contribution in [0.1, 0.15) is 45.9 Å². The molecule has 11 nitrogen and oxygen atoms in total. The summed E-state index contributed by atoms with van der Waals surface area (Å²) < 4.78 is 84.4. The lowest BCUT2D eigenvalue weighted by Gasteiger charge is -2.32. The van der Waals surface area contributed by atoms with Crippen LogP contribution in [0.15, 0.2) is 84.9 Å². The van der Waals surface area contributed by atoms with Gasteiger partial charge in [-0.15, -0.1) is 10.2 Å². The Labute approximate surface area is 294 Å². The van der Waals surface area contributed by atoms with Gasteiger partial charge in [-0.25, -0.2) is 8.42 Å². The summed E-state index contributed by atoms with van der Waals surface area (Å²) in [5.41, 5.74) is 1.13. The summed E-state index contributed by atoms with van der Waals surface area (Å²) in [6.45, 7) is 4.89. The third-order valence-electron chi connectivity index (χ3n) is 8.75. The van der Waals surface area contributed by atoms with Gasteiger partial charge >= 0.3 is 6.18 Å². The molecule has 0 unspecified atom stereocenters. The predicted octanol–water partition coefficient (Wildman–Crippen LogP) is 5.96. The topological polar surface area (TPSA) is 123 Å². The first-order valence-corrected chi connectivity index (χ1v) is 18.3. The van der Waals surface area contributed by atoms with Crippen molar-refractivity contribution in [3.63, 3.8) is 0 Å². The Morgan fingerprint density at radius 1 is 0.902 bits per heavy atom. The first kappa shape index (κ1) is 36.1. The maximum Gasteiger partial charge on any atom is 0.435 e. The van der Waals surface area contributed by atoms with Crippen molar-refractivity contribution in [3.05, 3.63) is 107 Å². The average Bonchev–Trinajstić information content (AvgIpc) is 3.13. The Morgan fingerprint density at radius 3 is 2.29 bits per heavy atom. The molecule has 270 valence electrons. The lowest BCUT2D eigenvalue weighted by molar-refractivity contribution is -0.141. The number of likely N-dealkylation sites (tertiary alicyclic amines) is 1. The second kappa shape index (κ2) is 16.1. The Balaban J connectivity index is 1.08. The molecule has 1 aromatic heterocycles. The van der Waals surface area contributed by atoms with Crippen molar-refractivity contribution in [2.75, 3.05) is 57.3 Å². The number of piperidine rings is 1. The minimum atomic E-state index is -4.58. The fourth-order valence-electron chi connectivity index (χ4n) is 6.03. The maximum atomic E-state index is 13.7. The molecule has 4 aromatic rings. The molecular formula is C36H38F3N5O6S. The highest BCUT2D eigenvalue weighted by atomic mass is 32.2. The number of aromatic nitrogens is 2. The summed E-state index contributed by atoms with van der Waals surface area (Å²) in [7, 11) is -3.83. The second-order valence-corrected chi connectivity index (χ2v) is 14.1. The lowest BCUT2D eigenvalue weighted by atomic mass is 9.89. The molecule has 51 heavy (non-hydrogen) atoms. The molecule has 6 rings (SSSR count). The quantitative estimate of drug-likeness (QED) is 0.189. The minimum Gasteiger partial charge on any atom is -0.490 e. The van der Waals surface area contributed by atoms with E-state index in [0.717, 1.165) is 30.8 Å². The maximum absolute atomic E-state index is 13.7. The molecule has 0 bridgehead atoms. The number of carbonyl (C=O) groups is 1. The number of hydrogen-bond acceptors (Lipinski definition) is 9. The smallest absolute Gasteiger partial charge is 0.435 e. The van der Waals surface area contributed by atoms with E-state index in [2.05, 4.69) is 19.8 Å². The Kier molecular flexibility index (Phi) is 11.4. The zero-order chi connectivity index (χ0) is 35.8. The molecule has 1 amide bonds. The van der Waals surface area contributed by atoms with E-state index in [1.165, 1.54) is 0 Å². The number of morpholine rings is 1. The van der Waals surface area contributed by atoms with Crippen LogP contribution in [0.3, 0.4) is 0 Å². The normalized spacial score (nSPS) is 16.1. The van der Waals surface area contributed by atoms with Gasteiger partial charge in [0, 0.05) is 44.4 Å². The van der Waals surface area contributed by atoms with Crippen molar-refractivity contribution < 1.29 is 40.6 Å². The van der Waals surface area contributed by atoms with Crippen LogP contribution in [0.2, 0.25) is 0 Å². The van der Waals surface area contributed by atoms with Crippen molar-refractivity contribution >= 4 is 21.6 Å². The highest BCUT2D eigenvalue weighted by Gasteiger charge is 2.33. The van der Waals surface area contributed by atoms with Gasteiger partial charge in [-0.3, -0.25) is 14.4 Å². The summed E-state index contributed by atoms with van der Waals surface area (Å²) in [5, 5.41) is 6.68. The molecule has 3 aromatic carbocycles. The number of hydrogen-bond donors (Lipinski definition) is 1. The van der Waals surface area contributed by atoms with Gasteiger partial charge in [-0.1, -0.05) is 42.5 Å². The van der Waals surface area contributed by atoms with Crippen LogP contribution in [0.25, 0.3) is 0 Å². The monoisotopic (exact) mass is 725 g/mol. The second-order valence-electron chi connectivity index (χ2n) is 12.4. The van der Waals surface area contributed by atoms with E-state index in [1.807, 2.05) is 18.2 Å². The van der Waals surface area contributed by atoms with Crippen LogP contribution < -0.4 is 14.2 Å². The zero-order valence-corrected chi connectivity index (χ0v) is 28.5. The summed E-state index contributed by atoms with van der Waals surface area (Å²) in [5.74, 6) is 0.428. The van der Waals surface area contributed by atoms with Gasteiger partial charge in [-0.05, 0) is 66.3 Å².